The van der Waals surface area contributed by atoms with Gasteiger partial charge in [-0.2, -0.15) is 0 Å². The third kappa shape index (κ3) is 3.93. The van der Waals surface area contributed by atoms with Gasteiger partial charge in [0.05, 0.1) is 0 Å². The number of halogens is 2. The molecule has 0 radical (unpaired) electrons. The van der Waals surface area contributed by atoms with E-state index in [0.29, 0.717) is 17.5 Å². The lowest BCUT2D eigenvalue weighted by atomic mass is 10.1. The van der Waals surface area contributed by atoms with Crippen LogP contribution in [0.1, 0.15) is 36.1 Å². The maximum atomic E-state index is 6.27. The lowest BCUT2D eigenvalue weighted by molar-refractivity contribution is 0.302. The molecule has 3 heteroatoms. The molecule has 0 saturated carbocycles. The first-order chi connectivity index (χ1) is 10.2. The molecule has 112 valence electrons. The predicted octanol–water partition coefficient (Wildman–Crippen LogP) is 5.78. The molecule has 1 nitrogen and oxygen atoms in total. The molecule has 0 atom stereocenters. The number of rotatable bonds is 6. The van der Waals surface area contributed by atoms with E-state index in [4.69, 9.17) is 27.9 Å². The number of benzene rings is 2. The standard InChI is InChI=1S/C18H20Cl2O/c1-3-13-8-9-14(4-2)18(10-13)21-12-16-15(11-19)6-5-7-17(16)20/h5-10H,3-4,11-12H2,1-2H3. The van der Waals surface area contributed by atoms with Crippen molar-refractivity contribution >= 4 is 23.2 Å². The van der Waals surface area contributed by atoms with Gasteiger partial charge in [0.1, 0.15) is 12.4 Å². The van der Waals surface area contributed by atoms with Crippen molar-refractivity contribution in [1.29, 1.82) is 0 Å². The van der Waals surface area contributed by atoms with E-state index in [1.807, 2.05) is 18.2 Å². The third-order valence-corrected chi connectivity index (χ3v) is 4.29. The Morgan fingerprint density at radius 2 is 1.81 bits per heavy atom. The second-order valence-electron chi connectivity index (χ2n) is 4.95. The van der Waals surface area contributed by atoms with Crippen LogP contribution in [0.5, 0.6) is 5.75 Å². The van der Waals surface area contributed by atoms with Crippen molar-refractivity contribution in [2.75, 3.05) is 0 Å². The molecule has 2 aromatic rings. The van der Waals surface area contributed by atoms with E-state index < -0.39 is 0 Å². The fraction of sp³-hybridized carbons (Fsp3) is 0.333. The Kier molecular flexibility index (Phi) is 5.96. The summed E-state index contributed by atoms with van der Waals surface area (Å²) in [6, 6.07) is 12.2. The zero-order valence-corrected chi connectivity index (χ0v) is 14.0. The molecule has 0 spiro atoms. The highest BCUT2D eigenvalue weighted by Crippen LogP contribution is 2.26. The minimum atomic E-state index is 0.439. The van der Waals surface area contributed by atoms with Crippen molar-refractivity contribution in [3.63, 3.8) is 0 Å². The van der Waals surface area contributed by atoms with Crippen molar-refractivity contribution in [3.8, 4) is 5.75 Å². The summed E-state index contributed by atoms with van der Waals surface area (Å²) >= 11 is 12.2. The molecular formula is C18H20Cl2O. The summed E-state index contributed by atoms with van der Waals surface area (Å²) in [5, 5.41) is 0.706. The number of aryl methyl sites for hydroxylation is 2. The maximum Gasteiger partial charge on any atom is 0.123 e. The van der Waals surface area contributed by atoms with E-state index in [9.17, 15) is 0 Å². The van der Waals surface area contributed by atoms with E-state index in [1.165, 1.54) is 11.1 Å². The lowest BCUT2D eigenvalue weighted by Crippen LogP contribution is -2.02. The Bertz CT molecular complexity index is 608. The van der Waals surface area contributed by atoms with Gasteiger partial charge in [-0.05, 0) is 41.7 Å². The summed E-state index contributed by atoms with van der Waals surface area (Å²) in [4.78, 5) is 0. The fourth-order valence-corrected chi connectivity index (χ4v) is 2.78. The quantitative estimate of drug-likeness (QED) is 0.612. The van der Waals surface area contributed by atoms with Gasteiger partial charge in [-0.25, -0.2) is 0 Å². The van der Waals surface area contributed by atoms with Crippen LogP contribution in [0.15, 0.2) is 36.4 Å². The molecular weight excluding hydrogens is 303 g/mol. The summed E-state index contributed by atoms with van der Waals surface area (Å²) < 4.78 is 6.04. The van der Waals surface area contributed by atoms with Crippen molar-refractivity contribution in [2.24, 2.45) is 0 Å². The zero-order valence-electron chi connectivity index (χ0n) is 12.5. The Hall–Kier alpha value is -1.18. The average Bonchev–Trinajstić information content (AvgIpc) is 2.53. The highest BCUT2D eigenvalue weighted by molar-refractivity contribution is 6.31. The van der Waals surface area contributed by atoms with Gasteiger partial charge in [0, 0.05) is 16.5 Å². The summed E-state index contributed by atoms with van der Waals surface area (Å²) in [5.74, 6) is 1.38. The van der Waals surface area contributed by atoms with Gasteiger partial charge < -0.3 is 4.74 Å². The van der Waals surface area contributed by atoms with Crippen LogP contribution >= 0.6 is 23.2 Å². The van der Waals surface area contributed by atoms with Crippen LogP contribution in [0.4, 0.5) is 0 Å². The van der Waals surface area contributed by atoms with Crippen LogP contribution in [0, 0.1) is 0 Å². The van der Waals surface area contributed by atoms with Gasteiger partial charge in [0.15, 0.2) is 0 Å². The lowest BCUT2D eigenvalue weighted by Gasteiger charge is -2.14. The topological polar surface area (TPSA) is 9.23 Å². The first-order valence-corrected chi connectivity index (χ1v) is 8.17. The monoisotopic (exact) mass is 322 g/mol. The van der Waals surface area contributed by atoms with Crippen LogP contribution in [0.25, 0.3) is 0 Å². The molecule has 2 rings (SSSR count). The largest absolute Gasteiger partial charge is 0.489 e. The third-order valence-electron chi connectivity index (χ3n) is 3.65. The van der Waals surface area contributed by atoms with Crippen LogP contribution in [0.2, 0.25) is 5.02 Å². The highest BCUT2D eigenvalue weighted by atomic mass is 35.5. The molecule has 0 aromatic heterocycles. The minimum Gasteiger partial charge on any atom is -0.489 e. The van der Waals surface area contributed by atoms with Crippen molar-refractivity contribution in [1.82, 2.24) is 0 Å². The van der Waals surface area contributed by atoms with Gasteiger partial charge >= 0.3 is 0 Å². The van der Waals surface area contributed by atoms with E-state index in [1.54, 1.807) is 0 Å². The second kappa shape index (κ2) is 7.72. The molecule has 0 fully saturated rings. The molecule has 0 amide bonds. The molecule has 0 aliphatic heterocycles. The first kappa shape index (κ1) is 16.2. The van der Waals surface area contributed by atoms with Gasteiger partial charge in [0.25, 0.3) is 0 Å². The maximum absolute atomic E-state index is 6.27. The Balaban J connectivity index is 2.24. The number of alkyl halides is 1. The Morgan fingerprint density at radius 1 is 1.00 bits per heavy atom. The van der Waals surface area contributed by atoms with Crippen LogP contribution in [-0.2, 0) is 25.3 Å². The normalized spacial score (nSPS) is 10.7. The number of ether oxygens (including phenoxy) is 1. The average molecular weight is 323 g/mol. The smallest absolute Gasteiger partial charge is 0.123 e. The van der Waals surface area contributed by atoms with Gasteiger partial charge in [-0.15, -0.1) is 11.6 Å². The highest BCUT2D eigenvalue weighted by Gasteiger charge is 2.09. The molecule has 0 unspecified atom stereocenters. The van der Waals surface area contributed by atoms with Crippen LogP contribution < -0.4 is 4.74 Å². The number of hydrogen-bond donors (Lipinski definition) is 0. The molecule has 0 N–H and O–H groups in total. The van der Waals surface area contributed by atoms with Crippen molar-refractivity contribution in [3.05, 3.63) is 63.7 Å². The van der Waals surface area contributed by atoms with E-state index in [2.05, 4.69) is 32.0 Å². The summed E-state index contributed by atoms with van der Waals surface area (Å²) in [5.41, 5.74) is 4.48. The second-order valence-corrected chi connectivity index (χ2v) is 5.62. The Morgan fingerprint density at radius 3 is 2.48 bits per heavy atom. The zero-order chi connectivity index (χ0) is 15.2. The van der Waals surface area contributed by atoms with Gasteiger partial charge in [-0.1, -0.05) is 49.7 Å². The minimum absolute atomic E-state index is 0.439. The molecule has 0 heterocycles. The summed E-state index contributed by atoms with van der Waals surface area (Å²) in [6.45, 7) is 4.72. The van der Waals surface area contributed by atoms with Crippen LogP contribution in [0.3, 0.4) is 0 Å². The Labute approximate surface area is 136 Å². The van der Waals surface area contributed by atoms with E-state index in [-0.39, 0.29) is 0 Å². The molecule has 0 aliphatic carbocycles. The van der Waals surface area contributed by atoms with E-state index in [0.717, 1.165) is 29.7 Å². The molecule has 0 saturated heterocycles. The van der Waals surface area contributed by atoms with Crippen LogP contribution in [-0.4, -0.2) is 0 Å². The molecule has 0 aliphatic rings. The fourth-order valence-electron chi connectivity index (χ4n) is 2.29. The van der Waals surface area contributed by atoms with Gasteiger partial charge in [-0.3, -0.25) is 0 Å². The predicted molar refractivity (Wildman–Crippen MR) is 90.5 cm³/mol. The molecule has 2 aromatic carbocycles. The summed E-state index contributed by atoms with van der Waals surface area (Å²) in [7, 11) is 0. The van der Waals surface area contributed by atoms with Crippen molar-refractivity contribution < 1.29 is 4.74 Å². The molecule has 0 bridgehead atoms. The van der Waals surface area contributed by atoms with Crippen molar-refractivity contribution in [2.45, 2.75) is 39.2 Å². The number of hydrogen-bond acceptors (Lipinski definition) is 1. The first-order valence-electron chi connectivity index (χ1n) is 7.26. The summed E-state index contributed by atoms with van der Waals surface area (Å²) in [6.07, 6.45) is 1.95. The van der Waals surface area contributed by atoms with Gasteiger partial charge in [0.2, 0.25) is 0 Å². The van der Waals surface area contributed by atoms with E-state index >= 15 is 0 Å². The molecule has 21 heavy (non-hydrogen) atoms. The SMILES string of the molecule is CCc1ccc(CC)c(OCc2c(Cl)cccc2CCl)c1.